The van der Waals surface area contributed by atoms with E-state index >= 15 is 0 Å². The molecule has 0 saturated carbocycles. The molecule has 0 aliphatic carbocycles. The number of aromatic nitrogens is 8. The summed E-state index contributed by atoms with van der Waals surface area (Å²) in [5.41, 5.74) is 21.3. The van der Waals surface area contributed by atoms with Gasteiger partial charge in [-0.1, -0.05) is 26.0 Å². The Labute approximate surface area is 397 Å². The topological polar surface area (TPSA) is 258 Å². The summed E-state index contributed by atoms with van der Waals surface area (Å²) in [6.45, 7) is 5.87. The minimum Gasteiger partial charge on any atom is -0.383 e. The molecular weight excluding hydrogens is 905 g/mol. The molecule has 3 fully saturated rings. The quantitative estimate of drug-likeness (QED) is 0.106. The number of carbonyl (C=O) groups is 4. The molecule has 4 amide bonds. The number of ether oxygens (including phenoxy) is 1. The molecule has 1 unspecified atom stereocenters. The van der Waals surface area contributed by atoms with E-state index in [1.54, 1.807) is 43.4 Å². The van der Waals surface area contributed by atoms with E-state index in [0.29, 0.717) is 76.3 Å². The Morgan fingerprint density at radius 3 is 1.85 bits per heavy atom. The van der Waals surface area contributed by atoms with Gasteiger partial charge in [0.1, 0.15) is 17.2 Å². The summed E-state index contributed by atoms with van der Waals surface area (Å²) < 4.78 is 9.86. The molecular formula is C47H50N14O5S2. The number of aromatic amines is 1. The number of hydrogen-bond acceptors (Lipinski definition) is 15. The number of fused-ring (bicyclic) bond motifs is 4. The summed E-state index contributed by atoms with van der Waals surface area (Å²) in [6, 6.07) is 11.8. The zero-order valence-corrected chi connectivity index (χ0v) is 39.1. The van der Waals surface area contributed by atoms with E-state index in [-0.39, 0.29) is 18.3 Å². The van der Waals surface area contributed by atoms with Crippen LogP contribution in [0.5, 0.6) is 0 Å². The molecule has 3 aliphatic rings. The maximum atomic E-state index is 13.6. The molecule has 3 saturated heterocycles. The molecule has 350 valence electrons. The number of amides is 4. The first-order chi connectivity index (χ1) is 33.0. The zero-order chi connectivity index (χ0) is 47.1. The average molecular weight is 955 g/mol. The molecule has 21 heteroatoms. The molecule has 19 nitrogen and oxygen atoms in total. The van der Waals surface area contributed by atoms with Crippen molar-refractivity contribution in [1.82, 2.24) is 49.7 Å². The molecule has 3 aliphatic heterocycles. The lowest BCUT2D eigenvalue weighted by Gasteiger charge is -2.38. The first-order valence-corrected chi connectivity index (χ1v) is 24.5. The average Bonchev–Trinajstić information content (AvgIpc) is 4.21. The number of piperidine rings is 2. The zero-order valence-electron chi connectivity index (χ0n) is 37.4. The van der Waals surface area contributed by atoms with E-state index in [4.69, 9.17) is 16.2 Å². The second-order valence-electron chi connectivity index (χ2n) is 17.8. The highest BCUT2D eigenvalue weighted by molar-refractivity contribution is 7.17. The van der Waals surface area contributed by atoms with Crippen LogP contribution in [-0.2, 0) is 23.9 Å². The van der Waals surface area contributed by atoms with Crippen LogP contribution in [0, 0.1) is 11.8 Å². The molecule has 11 rings (SSSR count). The van der Waals surface area contributed by atoms with Crippen molar-refractivity contribution in [1.29, 1.82) is 0 Å². The van der Waals surface area contributed by atoms with Crippen LogP contribution >= 0.6 is 22.7 Å². The number of carbonyl (C=O) groups excluding carboxylic acids is 4. The minimum absolute atomic E-state index is 0.169. The fraction of sp³-hybridized carbons (Fsp3) is 0.362. The number of hydrogen-bond donors (Lipinski definition) is 5. The van der Waals surface area contributed by atoms with E-state index in [0.717, 1.165) is 76.5 Å². The van der Waals surface area contributed by atoms with Gasteiger partial charge in [0.15, 0.2) is 6.23 Å². The Morgan fingerprint density at radius 1 is 0.691 bits per heavy atom. The molecule has 5 atom stereocenters. The fourth-order valence-corrected chi connectivity index (χ4v) is 10.9. The number of nitrogens with one attached hydrogen (secondary N) is 3. The highest BCUT2D eigenvalue weighted by atomic mass is 32.1. The predicted octanol–water partition coefficient (Wildman–Crippen LogP) is 7.35. The molecule has 6 aromatic heterocycles. The van der Waals surface area contributed by atoms with E-state index < -0.39 is 23.6 Å². The highest BCUT2D eigenvalue weighted by Crippen LogP contribution is 2.38. The Bertz CT molecular complexity index is 3190. The van der Waals surface area contributed by atoms with Gasteiger partial charge in [0.25, 0.3) is 0 Å². The smallest absolute Gasteiger partial charge is 0.314 e. The third-order valence-corrected chi connectivity index (χ3v) is 14.7. The normalized spacial score (nSPS) is 20.9. The summed E-state index contributed by atoms with van der Waals surface area (Å²) in [4.78, 5) is 73.6. The Kier molecular flexibility index (Phi) is 12.4. The van der Waals surface area contributed by atoms with Crippen molar-refractivity contribution < 1.29 is 23.9 Å². The molecule has 7 N–H and O–H groups in total. The third kappa shape index (κ3) is 8.79. The van der Waals surface area contributed by atoms with Crippen LogP contribution in [0.15, 0.2) is 72.2 Å². The molecule has 0 bridgehead atoms. The molecule has 2 aromatic carbocycles. The van der Waals surface area contributed by atoms with Crippen molar-refractivity contribution in [3.63, 3.8) is 0 Å². The van der Waals surface area contributed by atoms with Crippen molar-refractivity contribution in [3.05, 3.63) is 83.3 Å². The number of pyridine rings is 2. The first-order valence-electron chi connectivity index (χ1n) is 22.7. The highest BCUT2D eigenvalue weighted by Gasteiger charge is 2.37. The van der Waals surface area contributed by atoms with Gasteiger partial charge in [0.05, 0.1) is 96.0 Å². The summed E-state index contributed by atoms with van der Waals surface area (Å²) >= 11 is 3.16. The molecule has 8 aromatic rings. The molecule has 9 heterocycles. The maximum absolute atomic E-state index is 13.6. The lowest BCUT2D eigenvalue weighted by molar-refractivity contribution is -0.146. The number of rotatable bonds is 5. The van der Waals surface area contributed by atoms with Gasteiger partial charge >= 0.3 is 23.6 Å². The molecule has 0 radical (unpaired) electrons. The SMILES string of the molecule is C[C@H]1CC[C@H](c2ccc3scnc3c2)N(C(=O)C(=O)Nc2cnc(N)c3cn[nH]c23)C1.C[C@H]1CC[C@H](c2ccc3scnc3c2)N(C(=O)C(=O)Nc2cnc(N)c3cnn(C4CCCCO4)c23)C1. The number of likely N-dealkylation sites (tertiary alicyclic amines) is 2. The number of nitrogens with two attached hydrogens (primary N) is 2. The van der Waals surface area contributed by atoms with Crippen LogP contribution in [0.3, 0.4) is 0 Å². The first kappa shape index (κ1) is 44.7. The summed E-state index contributed by atoms with van der Waals surface area (Å²) in [5, 5.41) is 17.9. The lowest BCUT2D eigenvalue weighted by Crippen LogP contribution is -2.46. The van der Waals surface area contributed by atoms with Gasteiger partial charge < -0.3 is 36.6 Å². The second-order valence-corrected chi connectivity index (χ2v) is 19.6. The largest absolute Gasteiger partial charge is 0.383 e. The van der Waals surface area contributed by atoms with Gasteiger partial charge in [-0.2, -0.15) is 10.2 Å². The van der Waals surface area contributed by atoms with E-state index in [9.17, 15) is 19.2 Å². The third-order valence-electron chi connectivity index (χ3n) is 13.1. The van der Waals surface area contributed by atoms with Crippen molar-refractivity contribution in [2.24, 2.45) is 11.8 Å². The van der Waals surface area contributed by atoms with Gasteiger partial charge in [-0.3, -0.25) is 24.3 Å². The van der Waals surface area contributed by atoms with Crippen molar-refractivity contribution in [2.75, 3.05) is 41.8 Å². The van der Waals surface area contributed by atoms with Gasteiger partial charge in [0, 0.05) is 19.7 Å². The minimum atomic E-state index is -0.712. The number of benzene rings is 2. The van der Waals surface area contributed by atoms with Gasteiger partial charge in [-0.25, -0.2) is 24.6 Å². The molecule has 68 heavy (non-hydrogen) atoms. The Balaban J connectivity index is 0.000000161. The van der Waals surface area contributed by atoms with Crippen molar-refractivity contribution in [2.45, 2.75) is 77.1 Å². The maximum Gasteiger partial charge on any atom is 0.314 e. The summed E-state index contributed by atoms with van der Waals surface area (Å²) in [5.74, 6) is -1.34. The second kappa shape index (κ2) is 18.9. The predicted molar refractivity (Wildman–Crippen MR) is 261 cm³/mol. The van der Waals surface area contributed by atoms with Crippen LogP contribution in [0.4, 0.5) is 23.0 Å². The summed E-state index contributed by atoms with van der Waals surface area (Å²) in [6.07, 6.45) is 12.2. The van der Waals surface area contributed by atoms with Crippen LogP contribution in [0.25, 0.3) is 42.2 Å². The van der Waals surface area contributed by atoms with Crippen LogP contribution in [-0.4, -0.2) is 93.0 Å². The Hall–Kier alpha value is -7.10. The van der Waals surface area contributed by atoms with E-state index in [1.165, 1.54) is 18.6 Å². The summed E-state index contributed by atoms with van der Waals surface area (Å²) in [7, 11) is 0. The molecule has 0 spiro atoms. The number of H-pyrrole nitrogens is 1. The van der Waals surface area contributed by atoms with Gasteiger partial charge in [0.2, 0.25) is 0 Å². The monoisotopic (exact) mass is 954 g/mol. The number of nitrogen functional groups attached to an aromatic ring is 2. The lowest BCUT2D eigenvalue weighted by atomic mass is 9.89. The van der Waals surface area contributed by atoms with Crippen molar-refractivity contribution >= 4 is 112 Å². The number of anilines is 4. The van der Waals surface area contributed by atoms with Crippen LogP contribution in [0.1, 0.15) is 88.2 Å². The van der Waals surface area contributed by atoms with Gasteiger partial charge in [-0.15, -0.1) is 22.7 Å². The Morgan fingerprint density at radius 2 is 1.26 bits per heavy atom. The van der Waals surface area contributed by atoms with E-state index in [1.807, 2.05) is 47.4 Å². The standard InChI is InChI=1S/C26H29N7O3S.C21H21N7O2S/c1-15-5-7-20(16-6-8-21-18(10-16)29-14-37-21)32(13-15)26(35)25(34)31-19-12-28-24(27)17-11-30-33(23(17)19)22-4-2-3-9-36-22;1-11-2-4-16(12-3-5-17-14(6-12)24-10-31-17)28(9-11)21(30)20(29)26-15-8-23-19(22)13-7-25-27-18(13)15/h6,8,10-12,14-15,20,22H,2-5,7,9,13H2,1H3,(H2,27,28)(H,31,34);3,5-8,10-11,16H,2,4,9H2,1H3,(H2,22,23)(H,25,27)(H,26,29)/t15-,20+,22?;11-,16+/m00/s1. The number of thiazole rings is 2. The van der Waals surface area contributed by atoms with Crippen LogP contribution in [0.2, 0.25) is 0 Å². The van der Waals surface area contributed by atoms with Crippen molar-refractivity contribution in [3.8, 4) is 0 Å². The van der Waals surface area contributed by atoms with Gasteiger partial charge in [-0.05, 0) is 92.2 Å². The number of nitrogens with zero attached hydrogens (tertiary/aromatic N) is 9. The van der Waals surface area contributed by atoms with E-state index in [2.05, 4.69) is 59.7 Å². The van der Waals surface area contributed by atoms with Crippen LogP contribution < -0.4 is 22.1 Å². The fourth-order valence-electron chi connectivity index (χ4n) is 9.58.